The molecule has 2 heterocycles. The number of Topliss-reactive ketones (excluding diaryl/α,β-unsaturated/α-hetero) is 1. The quantitative estimate of drug-likeness (QED) is 0.440. The normalized spacial score (nSPS) is 28.8. The average molecular weight is 463 g/mol. The van der Waals surface area contributed by atoms with Gasteiger partial charge >= 0.3 is 0 Å². The summed E-state index contributed by atoms with van der Waals surface area (Å²) in [4.78, 5) is 17.7. The zero-order valence-corrected chi connectivity index (χ0v) is 20.1. The van der Waals surface area contributed by atoms with Crippen LogP contribution >= 0.6 is 12.6 Å². The zero-order valence-electron chi connectivity index (χ0n) is 19.2. The molecule has 2 saturated heterocycles. The number of carbonyl (C=O) groups is 1. The molecular weight excluding hydrogens is 427 g/mol. The van der Waals surface area contributed by atoms with Crippen molar-refractivity contribution >= 4 is 18.4 Å². The van der Waals surface area contributed by atoms with Gasteiger partial charge in [-0.15, -0.1) is 0 Å². The van der Waals surface area contributed by atoms with Crippen molar-refractivity contribution < 1.29 is 18.7 Å². The van der Waals surface area contributed by atoms with E-state index in [0.717, 1.165) is 32.4 Å². The van der Waals surface area contributed by atoms with Crippen LogP contribution in [-0.2, 0) is 14.3 Å². The highest BCUT2D eigenvalue weighted by Gasteiger charge is 2.41. The summed E-state index contributed by atoms with van der Waals surface area (Å²) < 4.78 is 25.9. The van der Waals surface area contributed by atoms with Gasteiger partial charge < -0.3 is 9.47 Å². The van der Waals surface area contributed by atoms with Gasteiger partial charge in [-0.1, -0.05) is 24.3 Å². The highest BCUT2D eigenvalue weighted by molar-refractivity contribution is 7.81. The highest BCUT2D eigenvalue weighted by atomic mass is 32.1. The second-order valence-electron chi connectivity index (χ2n) is 9.47. The van der Waals surface area contributed by atoms with Crippen molar-refractivity contribution in [3.05, 3.63) is 47.3 Å². The first kappa shape index (κ1) is 23.9. The molecule has 1 saturated carbocycles. The second kappa shape index (κ2) is 10.3. The zero-order chi connectivity index (χ0) is 22.8. The van der Waals surface area contributed by atoms with Crippen LogP contribution in [-0.4, -0.2) is 65.6 Å². The molecule has 0 N–H and O–H groups in total. The van der Waals surface area contributed by atoms with E-state index in [1.165, 1.54) is 11.6 Å². The molecule has 7 heteroatoms. The summed E-state index contributed by atoms with van der Waals surface area (Å²) in [5.74, 6) is -0.0722. The Morgan fingerprint density at radius 2 is 2.00 bits per heavy atom. The fraction of sp³-hybridized carbons (Fsp3) is 0.640. The highest BCUT2D eigenvalue weighted by Crippen LogP contribution is 2.39. The molecule has 176 valence electrons. The molecule has 0 spiro atoms. The third-order valence-electron chi connectivity index (χ3n) is 6.71. The number of carbonyl (C=O) groups excluding carboxylic acids is 1. The number of halogens is 1. The molecule has 0 bridgehead atoms. The lowest BCUT2D eigenvalue weighted by Crippen LogP contribution is -2.48. The summed E-state index contributed by atoms with van der Waals surface area (Å²) in [6.07, 6.45) is 4.60. The van der Waals surface area contributed by atoms with E-state index < -0.39 is 6.04 Å². The molecule has 1 aromatic rings. The number of nitrogens with zero attached hydrogens (tertiary/aromatic N) is 2. The Morgan fingerprint density at radius 1 is 1.28 bits per heavy atom. The van der Waals surface area contributed by atoms with Crippen LogP contribution < -0.4 is 0 Å². The van der Waals surface area contributed by atoms with Crippen LogP contribution in [0.25, 0.3) is 0 Å². The maximum absolute atomic E-state index is 14.7. The van der Waals surface area contributed by atoms with E-state index in [-0.39, 0.29) is 35.3 Å². The summed E-state index contributed by atoms with van der Waals surface area (Å²) >= 11 is 4.82. The van der Waals surface area contributed by atoms with Gasteiger partial charge in [0.25, 0.3) is 0 Å². The molecule has 3 aliphatic rings. The lowest BCUT2D eigenvalue weighted by molar-refractivity contribution is -0.378. The van der Waals surface area contributed by atoms with E-state index >= 15 is 0 Å². The van der Waals surface area contributed by atoms with Crippen molar-refractivity contribution in [3.8, 4) is 0 Å². The molecular formula is C25H35FN2O3S. The Hall–Kier alpha value is -1.25. The van der Waals surface area contributed by atoms with Crippen LogP contribution in [0.2, 0.25) is 0 Å². The van der Waals surface area contributed by atoms with E-state index in [0.29, 0.717) is 24.7 Å². The lowest BCUT2D eigenvalue weighted by Gasteiger charge is -2.39. The van der Waals surface area contributed by atoms with E-state index in [1.807, 2.05) is 13.0 Å². The number of hydrogen-bond acceptors (Lipinski definition) is 6. The van der Waals surface area contributed by atoms with Gasteiger partial charge in [-0.2, -0.15) is 12.6 Å². The van der Waals surface area contributed by atoms with Crippen molar-refractivity contribution in [2.45, 2.75) is 69.9 Å². The molecule has 2 atom stereocenters. The summed E-state index contributed by atoms with van der Waals surface area (Å²) in [5.41, 5.74) is 1.69. The first-order valence-electron chi connectivity index (χ1n) is 11.8. The minimum Gasteiger partial charge on any atom is -0.323 e. The van der Waals surface area contributed by atoms with Gasteiger partial charge in [-0.05, 0) is 51.7 Å². The third-order valence-corrected chi connectivity index (χ3v) is 7.30. The number of ether oxygens (including phenoxy) is 2. The van der Waals surface area contributed by atoms with Crippen LogP contribution in [0.4, 0.5) is 4.39 Å². The number of ketones is 1. The molecule has 32 heavy (non-hydrogen) atoms. The van der Waals surface area contributed by atoms with Crippen molar-refractivity contribution in [1.29, 1.82) is 0 Å². The Labute approximate surface area is 196 Å². The predicted molar refractivity (Wildman–Crippen MR) is 126 cm³/mol. The van der Waals surface area contributed by atoms with Crippen LogP contribution in [0, 0.1) is 11.7 Å². The van der Waals surface area contributed by atoms with Gasteiger partial charge in [0.1, 0.15) is 5.82 Å². The Balaban J connectivity index is 1.49. The molecule has 1 aromatic carbocycles. The largest absolute Gasteiger partial charge is 0.323 e. The van der Waals surface area contributed by atoms with Crippen LogP contribution in [0.15, 0.2) is 35.9 Å². The van der Waals surface area contributed by atoms with Gasteiger partial charge in [-0.25, -0.2) is 4.39 Å². The summed E-state index contributed by atoms with van der Waals surface area (Å²) in [5, 5.41) is 0.147. The van der Waals surface area contributed by atoms with Gasteiger partial charge in [0, 0.05) is 42.4 Å². The fourth-order valence-electron chi connectivity index (χ4n) is 4.58. The van der Waals surface area contributed by atoms with Crippen molar-refractivity contribution in [1.82, 2.24) is 9.80 Å². The van der Waals surface area contributed by atoms with Gasteiger partial charge in [-0.3, -0.25) is 14.6 Å². The van der Waals surface area contributed by atoms with E-state index in [9.17, 15) is 9.18 Å². The first-order chi connectivity index (χ1) is 15.3. The number of thiol groups is 1. The standard InChI is InChI=1S/C25H35FN2O3S/c1-16(2)27(15-23-30-17(3)31-23)12-10-19-14-28(13-11-22(19)32)24(25(29)18-8-9-18)20-6-4-5-7-21(20)26/h4-7,10,16-18,22-24,32H,8-9,11-15H2,1-3H3/b19-10-. The molecule has 4 rings (SSSR count). The maximum atomic E-state index is 14.7. The Kier molecular flexibility index (Phi) is 7.73. The average Bonchev–Trinajstić information content (AvgIpc) is 3.58. The van der Waals surface area contributed by atoms with Gasteiger partial charge in [0.15, 0.2) is 18.4 Å². The number of rotatable bonds is 9. The second-order valence-corrected chi connectivity index (χ2v) is 10.1. The van der Waals surface area contributed by atoms with Crippen LogP contribution in [0.5, 0.6) is 0 Å². The molecule has 1 aliphatic carbocycles. The smallest absolute Gasteiger partial charge is 0.176 e. The number of piperidine rings is 1. The SMILES string of the molecule is CC1OC(CN(C/C=C2/CN(C(C(=O)C3CC3)c3ccccc3F)CCC2S)C(C)C)O1. The van der Waals surface area contributed by atoms with E-state index in [4.69, 9.17) is 22.1 Å². The number of likely N-dealkylation sites (tertiary alicyclic amines) is 1. The van der Waals surface area contributed by atoms with Crippen molar-refractivity contribution in [2.75, 3.05) is 26.2 Å². The maximum Gasteiger partial charge on any atom is 0.176 e. The van der Waals surface area contributed by atoms with Gasteiger partial charge in [0.05, 0.1) is 12.6 Å². The predicted octanol–water partition coefficient (Wildman–Crippen LogP) is 4.21. The molecule has 2 aliphatic heterocycles. The number of benzene rings is 1. The van der Waals surface area contributed by atoms with E-state index in [1.54, 1.807) is 12.1 Å². The summed E-state index contributed by atoms with van der Waals surface area (Å²) in [7, 11) is 0. The van der Waals surface area contributed by atoms with Crippen LogP contribution in [0.3, 0.4) is 0 Å². The summed E-state index contributed by atoms with van der Waals surface area (Å²) in [6, 6.07) is 6.54. The van der Waals surface area contributed by atoms with Crippen molar-refractivity contribution in [3.63, 3.8) is 0 Å². The topological polar surface area (TPSA) is 42.0 Å². The van der Waals surface area contributed by atoms with Crippen LogP contribution in [0.1, 0.15) is 51.6 Å². The minimum absolute atomic E-state index is 0.0714. The summed E-state index contributed by atoms with van der Waals surface area (Å²) in [6.45, 7) is 9.06. The monoisotopic (exact) mass is 462 g/mol. The first-order valence-corrected chi connectivity index (χ1v) is 12.3. The van der Waals surface area contributed by atoms with E-state index in [2.05, 4.69) is 29.7 Å². The Bertz CT molecular complexity index is 838. The number of hydrogen-bond donors (Lipinski definition) is 1. The minimum atomic E-state index is -0.521. The van der Waals surface area contributed by atoms with Gasteiger partial charge in [0.2, 0.25) is 0 Å². The lowest BCUT2D eigenvalue weighted by atomic mass is 9.93. The molecule has 0 aromatic heterocycles. The molecule has 0 radical (unpaired) electrons. The fourth-order valence-corrected chi connectivity index (χ4v) is 4.88. The third kappa shape index (κ3) is 5.62. The molecule has 0 amide bonds. The Morgan fingerprint density at radius 3 is 2.62 bits per heavy atom. The molecule has 3 fully saturated rings. The van der Waals surface area contributed by atoms with Crippen molar-refractivity contribution in [2.24, 2.45) is 5.92 Å². The molecule has 2 unspecified atom stereocenters. The molecule has 5 nitrogen and oxygen atoms in total.